The van der Waals surface area contributed by atoms with E-state index in [0.29, 0.717) is 42.2 Å². The van der Waals surface area contributed by atoms with Crippen molar-refractivity contribution < 1.29 is 14.6 Å². The number of nitrogens with zero attached hydrogens (tertiary/aromatic N) is 6. The van der Waals surface area contributed by atoms with Gasteiger partial charge in [-0.2, -0.15) is 0 Å². The van der Waals surface area contributed by atoms with Crippen LogP contribution in [0.4, 0.5) is 17.2 Å². The van der Waals surface area contributed by atoms with Gasteiger partial charge in [-0.05, 0) is 43.2 Å². The van der Waals surface area contributed by atoms with E-state index in [1.165, 1.54) is 5.69 Å². The summed E-state index contributed by atoms with van der Waals surface area (Å²) in [4.78, 5) is 20.2. The van der Waals surface area contributed by atoms with Gasteiger partial charge in [0.2, 0.25) is 0 Å². The summed E-state index contributed by atoms with van der Waals surface area (Å²) in [5.41, 5.74) is 15.7. The van der Waals surface area contributed by atoms with E-state index in [1.54, 1.807) is 12.1 Å². The predicted molar refractivity (Wildman–Crippen MR) is 185 cm³/mol. The Bertz CT molecular complexity index is 1380. The minimum absolute atomic E-state index is 0. The molecule has 0 saturated carbocycles. The van der Waals surface area contributed by atoms with E-state index in [4.69, 9.17) is 16.2 Å². The van der Waals surface area contributed by atoms with E-state index >= 15 is 0 Å². The number of nitrogen functional groups attached to an aromatic ring is 1. The molecule has 1 aromatic heterocycles. The quantitative estimate of drug-likeness (QED) is 0.272. The number of hydrogen-bond donors (Lipinski definition) is 3. The van der Waals surface area contributed by atoms with Crippen LogP contribution < -0.4 is 26.0 Å². The highest BCUT2D eigenvalue weighted by Gasteiger charge is 2.40. The summed E-state index contributed by atoms with van der Waals surface area (Å²) >= 11 is 0. The van der Waals surface area contributed by atoms with Crippen LogP contribution in [0.3, 0.4) is 0 Å². The normalized spacial score (nSPS) is 20.4. The molecule has 4 heterocycles. The van der Waals surface area contributed by atoms with Gasteiger partial charge in [0.25, 0.3) is 0 Å². The molecule has 5 N–H and O–H groups in total. The van der Waals surface area contributed by atoms with Gasteiger partial charge in [0.1, 0.15) is 24.4 Å². The predicted octanol–water partition coefficient (Wildman–Crippen LogP) is 3.42. The van der Waals surface area contributed by atoms with Gasteiger partial charge in [0.15, 0.2) is 5.82 Å². The van der Waals surface area contributed by atoms with E-state index in [2.05, 4.69) is 48.0 Å². The lowest BCUT2D eigenvalue weighted by Crippen LogP contribution is -2.54. The van der Waals surface area contributed by atoms with E-state index in [-0.39, 0.29) is 49.1 Å². The second-order valence-corrected chi connectivity index (χ2v) is 11.4. The number of anilines is 3. The van der Waals surface area contributed by atoms with Gasteiger partial charge < -0.3 is 35.9 Å². The molecule has 0 aliphatic carbocycles. The maximum absolute atomic E-state index is 10.8. The molecule has 0 amide bonds. The number of nitrogens with two attached hydrogens (primary N) is 2. The summed E-state index contributed by atoms with van der Waals surface area (Å²) in [5.74, 6) is 1.46. The fourth-order valence-electron chi connectivity index (χ4n) is 6.58. The highest BCUT2D eigenvalue weighted by molar-refractivity contribution is 5.86. The number of piperazine rings is 2. The molecule has 3 aliphatic heterocycles. The number of carbonyl (C=O) groups is 1. The lowest BCUT2D eigenvalue weighted by molar-refractivity contribution is -0.109. The zero-order valence-corrected chi connectivity index (χ0v) is 27.6. The van der Waals surface area contributed by atoms with Gasteiger partial charge in [0, 0.05) is 81.6 Å². The summed E-state index contributed by atoms with van der Waals surface area (Å²) in [6.45, 7) is 6.74. The maximum Gasteiger partial charge on any atom is 0.169 e. The van der Waals surface area contributed by atoms with Crippen molar-refractivity contribution >= 4 is 60.7 Å². The van der Waals surface area contributed by atoms with E-state index in [9.17, 15) is 9.90 Å². The van der Waals surface area contributed by atoms with Gasteiger partial charge in [-0.3, -0.25) is 9.80 Å². The van der Waals surface area contributed by atoms with Crippen LogP contribution in [0.25, 0.3) is 11.3 Å². The van der Waals surface area contributed by atoms with Crippen molar-refractivity contribution in [2.24, 2.45) is 5.73 Å². The monoisotopic (exact) mass is 680 g/mol. The Kier molecular flexibility index (Phi) is 13.3. The molecular weight excluding hydrogens is 639 g/mol. The topological polar surface area (TPSA) is 137 Å². The number of hydrogen-bond acceptors (Lipinski definition) is 11. The molecule has 2 bridgehead atoms. The molecule has 246 valence electrons. The lowest BCUT2D eigenvalue weighted by atomic mass is 10.1. The maximum atomic E-state index is 10.8. The molecule has 3 aliphatic rings. The number of fused-ring (bicyclic) bond motifs is 2. The molecule has 3 fully saturated rings. The first kappa shape index (κ1) is 36.4. The minimum atomic E-state index is -0.180. The Hall–Kier alpha value is -3.06. The number of aldehydes is 1. The smallest absolute Gasteiger partial charge is 0.169 e. The van der Waals surface area contributed by atoms with Crippen molar-refractivity contribution in [2.75, 3.05) is 68.0 Å². The van der Waals surface area contributed by atoms with Crippen molar-refractivity contribution in [3.05, 3.63) is 54.6 Å². The largest absolute Gasteiger partial charge is 0.507 e. The first-order valence-electron chi connectivity index (χ1n) is 14.8. The van der Waals surface area contributed by atoms with Crippen molar-refractivity contribution in [3.63, 3.8) is 0 Å². The molecule has 3 saturated heterocycles. The van der Waals surface area contributed by atoms with Crippen LogP contribution in [0.1, 0.15) is 19.3 Å². The molecule has 3 atom stereocenters. The SMILES string of the molecule is Cl.Cl.Cl.Nc1nnc(-c2ccccc2O)cc1N1CC2CCC(C1)N2c1cccc(OCCN2CCN(C(N)CC=O)CC2)c1. The van der Waals surface area contributed by atoms with E-state index in [1.807, 2.05) is 24.3 Å². The number of aromatic hydroxyl groups is 1. The summed E-state index contributed by atoms with van der Waals surface area (Å²) in [6, 6.07) is 18.2. The number of carbonyl (C=O) groups excluding carboxylic acids is 1. The summed E-state index contributed by atoms with van der Waals surface area (Å²) in [6.07, 6.45) is 3.32. The van der Waals surface area contributed by atoms with Crippen molar-refractivity contribution in [2.45, 2.75) is 37.5 Å². The summed E-state index contributed by atoms with van der Waals surface area (Å²) < 4.78 is 6.20. The Labute approximate surface area is 283 Å². The number of phenols is 1. The third-order valence-electron chi connectivity index (χ3n) is 8.81. The van der Waals surface area contributed by atoms with Crippen LogP contribution in [0.5, 0.6) is 11.5 Å². The second-order valence-electron chi connectivity index (χ2n) is 11.4. The van der Waals surface area contributed by atoms with E-state index < -0.39 is 0 Å². The van der Waals surface area contributed by atoms with Crippen LogP contribution in [0.2, 0.25) is 0 Å². The number of rotatable bonds is 10. The average Bonchev–Trinajstić information content (AvgIpc) is 3.27. The first-order valence-corrected chi connectivity index (χ1v) is 14.8. The molecule has 11 nitrogen and oxygen atoms in total. The zero-order chi connectivity index (χ0) is 29.1. The molecule has 3 aromatic rings. The van der Waals surface area contributed by atoms with Crippen LogP contribution in [0, 0.1) is 0 Å². The number of ether oxygens (including phenoxy) is 1. The van der Waals surface area contributed by atoms with Gasteiger partial charge in [0.05, 0.1) is 17.5 Å². The van der Waals surface area contributed by atoms with Crippen molar-refractivity contribution in [1.82, 2.24) is 20.0 Å². The molecule has 2 aromatic carbocycles. The average molecular weight is 682 g/mol. The highest BCUT2D eigenvalue weighted by Crippen LogP contribution is 2.39. The number of benzene rings is 2. The second kappa shape index (κ2) is 16.5. The number of aromatic nitrogens is 2. The van der Waals surface area contributed by atoms with Crippen LogP contribution in [-0.4, -0.2) is 102 Å². The fourth-order valence-corrected chi connectivity index (χ4v) is 6.58. The molecule has 45 heavy (non-hydrogen) atoms. The van der Waals surface area contributed by atoms with Crippen LogP contribution in [-0.2, 0) is 4.79 Å². The Morgan fingerprint density at radius 3 is 2.36 bits per heavy atom. The molecule has 0 radical (unpaired) electrons. The van der Waals surface area contributed by atoms with Gasteiger partial charge in [-0.15, -0.1) is 47.4 Å². The highest BCUT2D eigenvalue weighted by atomic mass is 35.5. The number of para-hydroxylation sites is 1. The summed E-state index contributed by atoms with van der Waals surface area (Å²) in [5, 5.41) is 18.8. The third-order valence-corrected chi connectivity index (χ3v) is 8.81. The molecule has 14 heteroatoms. The van der Waals surface area contributed by atoms with Crippen LogP contribution >= 0.6 is 37.2 Å². The molecular formula is C31H43Cl3N8O3. The minimum Gasteiger partial charge on any atom is -0.507 e. The van der Waals surface area contributed by atoms with Gasteiger partial charge in [-0.25, -0.2) is 0 Å². The summed E-state index contributed by atoms with van der Waals surface area (Å²) in [7, 11) is 0. The Balaban J connectivity index is 0.00000184. The van der Waals surface area contributed by atoms with Gasteiger partial charge in [-0.1, -0.05) is 18.2 Å². The van der Waals surface area contributed by atoms with Crippen LogP contribution in [0.15, 0.2) is 54.6 Å². The van der Waals surface area contributed by atoms with Crippen molar-refractivity contribution in [3.8, 4) is 22.8 Å². The fraction of sp³-hybridized carbons (Fsp3) is 0.452. The third kappa shape index (κ3) is 8.21. The zero-order valence-electron chi connectivity index (χ0n) is 25.1. The molecule has 0 spiro atoms. The Morgan fingerprint density at radius 1 is 0.956 bits per heavy atom. The van der Waals surface area contributed by atoms with Crippen molar-refractivity contribution in [1.29, 1.82) is 0 Å². The molecule has 3 unspecified atom stereocenters. The Morgan fingerprint density at radius 2 is 1.67 bits per heavy atom. The lowest BCUT2D eigenvalue weighted by Gasteiger charge is -2.43. The number of phenolic OH excluding ortho intramolecular Hbond substituents is 1. The van der Waals surface area contributed by atoms with E-state index in [0.717, 1.165) is 76.4 Å². The standard InChI is InChI=1S/C31H40N8O3.3ClH/c32-30(10-16-40)37-13-11-36(12-14-37)15-17-42-25-5-3-4-22(18-25)39-23-8-9-24(39)21-38(20-23)28-19-27(34-35-31(28)33)26-6-1-2-7-29(26)41;;;/h1-7,16,18-19,23-24,30,41H,8-15,17,20-21,32H2,(H2,33,35);3*1H. The first-order chi connectivity index (χ1) is 20.5. The number of halogens is 3. The molecule has 6 rings (SSSR count). The van der Waals surface area contributed by atoms with Gasteiger partial charge >= 0.3 is 0 Å².